The molecule has 0 fully saturated rings. The van der Waals surface area contributed by atoms with Crippen LogP contribution >= 0.6 is 0 Å². The van der Waals surface area contributed by atoms with Crippen molar-refractivity contribution in [3.63, 3.8) is 0 Å². The number of hydrogen-bond acceptors (Lipinski definition) is 4. The molecule has 2 aromatic carbocycles. The molecule has 0 bridgehead atoms. The average Bonchev–Trinajstić information content (AvgIpc) is 3.02. The molecule has 0 unspecified atom stereocenters. The van der Waals surface area contributed by atoms with Crippen LogP contribution in [0.25, 0.3) is 16.9 Å². The van der Waals surface area contributed by atoms with Crippen LogP contribution in [-0.2, 0) is 12.8 Å². The third kappa shape index (κ3) is 2.37. The van der Waals surface area contributed by atoms with Crippen molar-refractivity contribution in [3.05, 3.63) is 75.5 Å². The Labute approximate surface area is 142 Å². The van der Waals surface area contributed by atoms with E-state index in [1.165, 1.54) is 6.07 Å². The highest BCUT2D eigenvalue weighted by atomic mass is 16.6. The summed E-state index contributed by atoms with van der Waals surface area (Å²) in [6, 6.07) is 14.2. The van der Waals surface area contributed by atoms with E-state index in [1.54, 1.807) is 16.8 Å². The topological polar surface area (TPSA) is 104 Å². The fourth-order valence-electron chi connectivity index (χ4n) is 3.29. The smallest absolute Gasteiger partial charge is 0.270 e. The summed E-state index contributed by atoms with van der Waals surface area (Å²) >= 11 is 0. The lowest BCUT2D eigenvalue weighted by molar-refractivity contribution is -0.384. The maximum atomic E-state index is 11.8. The zero-order chi connectivity index (χ0) is 17.6. The Bertz CT molecular complexity index is 1010. The van der Waals surface area contributed by atoms with Gasteiger partial charge in [-0.25, -0.2) is 4.68 Å². The highest BCUT2D eigenvalue weighted by Crippen LogP contribution is 2.38. The number of primary amides is 1. The first-order chi connectivity index (χ1) is 12.1. The molecule has 1 aromatic heterocycles. The number of nitrogens with zero attached hydrogens (tertiary/aromatic N) is 3. The van der Waals surface area contributed by atoms with Crippen LogP contribution in [0.5, 0.6) is 0 Å². The van der Waals surface area contributed by atoms with E-state index in [0.29, 0.717) is 18.5 Å². The van der Waals surface area contributed by atoms with E-state index in [0.717, 1.165) is 22.4 Å². The lowest BCUT2D eigenvalue weighted by Gasteiger charge is -2.18. The maximum absolute atomic E-state index is 11.8. The van der Waals surface area contributed by atoms with Crippen molar-refractivity contribution in [1.29, 1.82) is 0 Å². The Hall–Kier alpha value is -3.48. The Balaban J connectivity index is 2.03. The van der Waals surface area contributed by atoms with Crippen LogP contribution in [0.1, 0.15) is 21.6 Å². The molecule has 25 heavy (non-hydrogen) atoms. The van der Waals surface area contributed by atoms with Crippen LogP contribution in [0, 0.1) is 10.1 Å². The first kappa shape index (κ1) is 15.1. The number of amides is 1. The highest BCUT2D eigenvalue weighted by molar-refractivity contribution is 5.95. The van der Waals surface area contributed by atoms with Crippen LogP contribution in [0.15, 0.2) is 48.5 Å². The van der Waals surface area contributed by atoms with E-state index < -0.39 is 10.8 Å². The Kier molecular flexibility index (Phi) is 3.35. The van der Waals surface area contributed by atoms with Crippen molar-refractivity contribution < 1.29 is 9.72 Å². The predicted octanol–water partition coefficient (Wildman–Crippen LogP) is 2.65. The minimum atomic E-state index is -0.597. The van der Waals surface area contributed by atoms with Gasteiger partial charge in [-0.05, 0) is 30.5 Å². The molecular weight excluding hydrogens is 320 g/mol. The maximum Gasteiger partial charge on any atom is 0.270 e. The van der Waals surface area contributed by atoms with Crippen LogP contribution in [-0.4, -0.2) is 20.6 Å². The SMILES string of the molecule is NC(=O)c1nn(-c2ccccc2)c2c1CCc1ccc([N+](=O)[O-])cc1-2. The molecule has 1 aliphatic carbocycles. The van der Waals surface area contributed by atoms with E-state index in [1.807, 2.05) is 30.3 Å². The largest absolute Gasteiger partial charge is 0.364 e. The molecule has 1 amide bonds. The standard InChI is InChI=1S/C18H14N4O3/c19-18(23)16-14-9-7-11-6-8-13(22(24)25)10-15(11)17(14)21(20-16)12-4-2-1-3-5-12/h1-6,8,10H,7,9H2,(H2,19,23). The van der Waals surface area contributed by atoms with E-state index in [9.17, 15) is 14.9 Å². The zero-order valence-corrected chi connectivity index (χ0v) is 13.2. The first-order valence-electron chi connectivity index (χ1n) is 7.81. The second-order valence-electron chi connectivity index (χ2n) is 5.89. The number of para-hydroxylation sites is 1. The van der Waals surface area contributed by atoms with Crippen molar-refractivity contribution in [2.45, 2.75) is 12.8 Å². The summed E-state index contributed by atoms with van der Waals surface area (Å²) in [4.78, 5) is 22.6. The molecule has 7 heteroatoms. The van der Waals surface area contributed by atoms with E-state index in [-0.39, 0.29) is 11.4 Å². The summed E-state index contributed by atoms with van der Waals surface area (Å²) < 4.78 is 1.65. The van der Waals surface area contributed by atoms with E-state index in [4.69, 9.17) is 5.73 Å². The number of nitro benzene ring substituents is 1. The van der Waals surface area contributed by atoms with Gasteiger partial charge in [-0.3, -0.25) is 14.9 Å². The summed E-state index contributed by atoms with van der Waals surface area (Å²) in [6.07, 6.45) is 1.30. The lowest BCUT2D eigenvalue weighted by atomic mass is 9.88. The van der Waals surface area contributed by atoms with Crippen LogP contribution in [0.2, 0.25) is 0 Å². The number of aromatic nitrogens is 2. The van der Waals surface area contributed by atoms with Crippen LogP contribution in [0.4, 0.5) is 5.69 Å². The monoisotopic (exact) mass is 334 g/mol. The normalized spacial score (nSPS) is 12.3. The van der Waals surface area contributed by atoms with Gasteiger partial charge in [0.25, 0.3) is 11.6 Å². The van der Waals surface area contributed by atoms with Gasteiger partial charge in [-0.2, -0.15) is 5.10 Å². The minimum Gasteiger partial charge on any atom is -0.364 e. The van der Waals surface area contributed by atoms with E-state index >= 15 is 0 Å². The number of nitro groups is 1. The number of non-ortho nitro benzene ring substituents is 1. The molecule has 1 heterocycles. The van der Waals surface area contributed by atoms with Crippen LogP contribution < -0.4 is 5.73 Å². The van der Waals surface area contributed by atoms with Gasteiger partial charge in [-0.1, -0.05) is 24.3 Å². The Morgan fingerprint density at radius 2 is 1.92 bits per heavy atom. The lowest BCUT2D eigenvalue weighted by Crippen LogP contribution is -2.15. The van der Waals surface area contributed by atoms with Gasteiger partial charge in [0.2, 0.25) is 0 Å². The molecule has 0 saturated carbocycles. The molecule has 0 saturated heterocycles. The average molecular weight is 334 g/mol. The molecule has 3 aromatic rings. The van der Waals surface area contributed by atoms with Crippen molar-refractivity contribution in [2.75, 3.05) is 0 Å². The molecule has 0 atom stereocenters. The van der Waals surface area contributed by atoms with E-state index in [2.05, 4.69) is 5.10 Å². The summed E-state index contributed by atoms with van der Waals surface area (Å²) in [5.41, 5.74) is 9.65. The second kappa shape index (κ2) is 5.55. The van der Waals surface area contributed by atoms with Gasteiger partial charge in [0.1, 0.15) is 0 Å². The summed E-state index contributed by atoms with van der Waals surface area (Å²) in [7, 11) is 0. The summed E-state index contributed by atoms with van der Waals surface area (Å²) in [5.74, 6) is -0.597. The van der Waals surface area contributed by atoms with Gasteiger partial charge in [0, 0.05) is 23.3 Å². The number of fused-ring (bicyclic) bond motifs is 3. The molecule has 0 radical (unpaired) electrons. The molecule has 124 valence electrons. The predicted molar refractivity (Wildman–Crippen MR) is 91.6 cm³/mol. The number of carbonyl (C=O) groups excluding carboxylic acids is 1. The fraction of sp³-hybridized carbons (Fsp3) is 0.111. The van der Waals surface area contributed by atoms with Crippen molar-refractivity contribution >= 4 is 11.6 Å². The van der Waals surface area contributed by atoms with Crippen LogP contribution in [0.3, 0.4) is 0 Å². The Morgan fingerprint density at radius 1 is 1.16 bits per heavy atom. The molecule has 7 nitrogen and oxygen atoms in total. The third-order valence-electron chi connectivity index (χ3n) is 4.42. The molecule has 0 spiro atoms. The second-order valence-corrected chi connectivity index (χ2v) is 5.89. The van der Waals surface area contributed by atoms with Gasteiger partial charge in [-0.15, -0.1) is 0 Å². The molecule has 1 aliphatic rings. The molecular formula is C18H14N4O3. The molecule has 2 N–H and O–H groups in total. The number of aryl methyl sites for hydroxylation is 1. The zero-order valence-electron chi connectivity index (χ0n) is 13.2. The summed E-state index contributed by atoms with van der Waals surface area (Å²) in [5, 5.41) is 15.6. The minimum absolute atomic E-state index is 0.00744. The highest BCUT2D eigenvalue weighted by Gasteiger charge is 2.29. The first-order valence-corrected chi connectivity index (χ1v) is 7.81. The van der Waals surface area contributed by atoms with Gasteiger partial charge < -0.3 is 5.73 Å². The Morgan fingerprint density at radius 3 is 2.60 bits per heavy atom. The fourth-order valence-corrected chi connectivity index (χ4v) is 3.29. The van der Waals surface area contributed by atoms with Crippen molar-refractivity contribution in [2.24, 2.45) is 5.73 Å². The van der Waals surface area contributed by atoms with Gasteiger partial charge >= 0.3 is 0 Å². The van der Waals surface area contributed by atoms with Gasteiger partial charge in [0.15, 0.2) is 5.69 Å². The number of carbonyl (C=O) groups is 1. The number of nitrogens with two attached hydrogens (primary N) is 1. The number of rotatable bonds is 3. The summed E-state index contributed by atoms with van der Waals surface area (Å²) in [6.45, 7) is 0. The van der Waals surface area contributed by atoms with Crippen molar-refractivity contribution in [3.8, 4) is 16.9 Å². The number of hydrogen-bond donors (Lipinski definition) is 1. The van der Waals surface area contributed by atoms with Gasteiger partial charge in [0.05, 0.1) is 16.3 Å². The quantitative estimate of drug-likeness (QED) is 0.587. The molecule has 4 rings (SSSR count). The number of benzene rings is 2. The third-order valence-corrected chi connectivity index (χ3v) is 4.42. The molecule has 0 aliphatic heterocycles. The van der Waals surface area contributed by atoms with Crippen molar-refractivity contribution in [1.82, 2.24) is 9.78 Å².